The Morgan fingerprint density at radius 3 is 0.714 bits per heavy atom. The van der Waals surface area contributed by atoms with Crippen LogP contribution in [0.25, 0.3) is 0 Å². The Bertz CT molecular complexity index is 2030. The number of esters is 2. The summed E-state index contributed by atoms with van der Waals surface area (Å²) in [5.41, 5.74) is 0. The lowest BCUT2D eigenvalue weighted by Crippen LogP contribution is -2.28. The van der Waals surface area contributed by atoms with E-state index in [1.165, 1.54) is 44.9 Å². The average Bonchev–Trinajstić information content (AvgIpc) is 3.51. The predicted octanol–water partition coefficient (Wildman–Crippen LogP) is 23.5. The fourth-order valence-corrected chi connectivity index (χ4v) is 8.36. The molecular weight excluding hydrogens is 1030 g/mol. The Morgan fingerprint density at radius 1 is 0.274 bits per heavy atom. The monoisotopic (exact) mass is 1150 g/mol. The van der Waals surface area contributed by atoms with Gasteiger partial charge in [-0.15, -0.1) is 0 Å². The first kappa shape index (κ1) is 78.2. The SMILES string of the molecule is CC/C=C\C/C=C\C/C=C\C/C=C\C/C=C\C/C=C\C/C=C\C/C=C\C/C=C\C/C=C\CCCCCCCCCCCCC(=O)OC(CO)COC(=O)CCCCCC/C=C\C/C=C\C/C=C\C/C=C\C/C=C\C/C=C\C/C=C\C/C=C\CC. The van der Waals surface area contributed by atoms with Gasteiger partial charge in [0.1, 0.15) is 6.61 Å². The summed E-state index contributed by atoms with van der Waals surface area (Å²) in [5, 5.41) is 9.69. The van der Waals surface area contributed by atoms with Crippen LogP contribution in [0.2, 0.25) is 0 Å². The third kappa shape index (κ3) is 68.7. The van der Waals surface area contributed by atoms with E-state index in [0.717, 1.165) is 173 Å². The van der Waals surface area contributed by atoms with Crippen LogP contribution in [0, 0.1) is 0 Å². The van der Waals surface area contributed by atoms with E-state index in [0.29, 0.717) is 12.8 Å². The van der Waals surface area contributed by atoms with E-state index >= 15 is 0 Å². The van der Waals surface area contributed by atoms with Crippen LogP contribution >= 0.6 is 0 Å². The lowest BCUT2D eigenvalue weighted by atomic mass is 10.0. The highest BCUT2D eigenvalue weighted by Gasteiger charge is 2.16. The Balaban J connectivity index is 3.65. The molecular formula is C79H120O5. The van der Waals surface area contributed by atoms with Gasteiger partial charge in [-0.3, -0.25) is 9.59 Å². The standard InChI is InChI=1S/C79H120O5/c1-3-5-7-9-11-13-15-17-19-21-23-25-27-29-31-33-34-35-36-37-38-39-40-41-42-43-44-46-48-50-52-54-56-58-60-62-64-66-68-70-72-74-79(82)84-77(75-80)76-83-78(81)73-71-69-67-65-63-61-59-57-55-53-51-49-47-45-32-30-28-26-24-22-20-18-16-14-12-10-8-6-4-2/h5-8,11-14,17-20,23-26,29-32,34-35,37-38,40-41,43-44,47-50,53,55,59,61,77,80H,3-4,9-10,15-16,21-22,27-28,33,36,39,42,45-46,51-52,54,56-58,60,62-76H2,1-2H3/b7-5-,8-6-,13-11-,14-12-,19-17-,20-18-,25-23-,26-24-,31-29-,32-30-,35-34-,38-37-,41-40-,44-43-,49-47-,50-48-,55-53-,61-59-. The van der Waals surface area contributed by atoms with Gasteiger partial charge in [0, 0.05) is 12.8 Å². The van der Waals surface area contributed by atoms with Crippen molar-refractivity contribution in [2.45, 2.75) is 251 Å². The van der Waals surface area contributed by atoms with Crippen LogP contribution in [0.3, 0.4) is 0 Å². The van der Waals surface area contributed by atoms with E-state index < -0.39 is 6.10 Å². The molecule has 0 aromatic rings. The molecule has 0 fully saturated rings. The molecule has 466 valence electrons. The maximum atomic E-state index is 12.4. The summed E-state index contributed by atoms with van der Waals surface area (Å²) in [6, 6.07) is 0. The van der Waals surface area contributed by atoms with Gasteiger partial charge >= 0.3 is 11.9 Å². The maximum absolute atomic E-state index is 12.4. The molecule has 0 saturated heterocycles. The van der Waals surface area contributed by atoms with Gasteiger partial charge in [0.15, 0.2) is 6.10 Å². The van der Waals surface area contributed by atoms with Gasteiger partial charge in [-0.05, 0) is 154 Å². The number of rotatable bonds is 58. The summed E-state index contributed by atoms with van der Waals surface area (Å²) < 4.78 is 10.7. The first-order valence-corrected chi connectivity index (χ1v) is 33.3. The normalized spacial score (nSPS) is 13.7. The van der Waals surface area contributed by atoms with Crippen molar-refractivity contribution in [2.24, 2.45) is 0 Å². The molecule has 0 aliphatic carbocycles. The van der Waals surface area contributed by atoms with Crippen molar-refractivity contribution in [1.82, 2.24) is 0 Å². The number of ether oxygens (including phenoxy) is 2. The summed E-state index contributed by atoms with van der Waals surface area (Å²) in [4.78, 5) is 24.6. The highest BCUT2D eigenvalue weighted by atomic mass is 16.6. The molecule has 0 bridgehead atoms. The van der Waals surface area contributed by atoms with Crippen molar-refractivity contribution in [3.63, 3.8) is 0 Å². The van der Waals surface area contributed by atoms with E-state index in [1.54, 1.807) is 0 Å². The number of allylic oxidation sites excluding steroid dienone is 36. The Morgan fingerprint density at radius 2 is 0.476 bits per heavy atom. The summed E-state index contributed by atoms with van der Waals surface area (Å²) in [5.74, 6) is -0.640. The number of hydrogen-bond acceptors (Lipinski definition) is 5. The molecule has 0 aliphatic rings. The maximum Gasteiger partial charge on any atom is 0.306 e. The third-order valence-electron chi connectivity index (χ3n) is 13.3. The minimum absolute atomic E-state index is 0.0954. The molecule has 84 heavy (non-hydrogen) atoms. The number of hydrogen-bond donors (Lipinski definition) is 1. The zero-order valence-electron chi connectivity index (χ0n) is 53.3. The number of aliphatic hydroxyl groups excluding tert-OH is 1. The number of unbranched alkanes of at least 4 members (excludes halogenated alkanes) is 14. The number of carbonyl (C=O) groups is 2. The van der Waals surface area contributed by atoms with Crippen molar-refractivity contribution in [3.8, 4) is 0 Å². The molecule has 0 aromatic carbocycles. The average molecular weight is 1150 g/mol. The molecule has 0 saturated carbocycles. The molecule has 0 aromatic heterocycles. The highest BCUT2D eigenvalue weighted by Crippen LogP contribution is 2.14. The van der Waals surface area contributed by atoms with Gasteiger partial charge in [-0.2, -0.15) is 0 Å². The first-order valence-electron chi connectivity index (χ1n) is 33.3. The summed E-state index contributed by atoms with van der Waals surface area (Å²) in [7, 11) is 0. The zero-order valence-corrected chi connectivity index (χ0v) is 53.3. The quantitative estimate of drug-likeness (QED) is 0.0373. The van der Waals surface area contributed by atoms with Crippen LogP contribution in [0.1, 0.15) is 245 Å². The van der Waals surface area contributed by atoms with E-state index in [2.05, 4.69) is 233 Å². The number of carbonyl (C=O) groups excluding carboxylic acids is 2. The molecule has 1 N–H and O–H groups in total. The van der Waals surface area contributed by atoms with Gasteiger partial charge in [-0.1, -0.05) is 297 Å². The van der Waals surface area contributed by atoms with Crippen molar-refractivity contribution < 1.29 is 24.2 Å². The molecule has 5 heteroatoms. The Labute approximate surface area is 516 Å². The first-order chi connectivity index (χ1) is 41.6. The second-order valence-corrected chi connectivity index (χ2v) is 21.1. The van der Waals surface area contributed by atoms with Crippen LogP contribution < -0.4 is 0 Å². The fourth-order valence-electron chi connectivity index (χ4n) is 8.36. The lowest BCUT2D eigenvalue weighted by Gasteiger charge is -2.15. The molecule has 1 unspecified atom stereocenters. The Hall–Kier alpha value is -5.78. The van der Waals surface area contributed by atoms with Crippen molar-refractivity contribution in [1.29, 1.82) is 0 Å². The van der Waals surface area contributed by atoms with Crippen LogP contribution in [0.4, 0.5) is 0 Å². The van der Waals surface area contributed by atoms with Crippen molar-refractivity contribution >= 4 is 11.9 Å². The molecule has 0 amide bonds. The molecule has 0 heterocycles. The minimum Gasteiger partial charge on any atom is -0.462 e. The fraction of sp³-hybridized carbons (Fsp3) is 0.519. The second kappa shape index (κ2) is 71.5. The van der Waals surface area contributed by atoms with Gasteiger partial charge in [0.05, 0.1) is 6.61 Å². The molecule has 0 spiro atoms. The van der Waals surface area contributed by atoms with Crippen molar-refractivity contribution in [3.05, 3.63) is 219 Å². The predicted molar refractivity (Wildman–Crippen MR) is 370 cm³/mol. The van der Waals surface area contributed by atoms with Crippen LogP contribution in [0.15, 0.2) is 219 Å². The molecule has 0 rings (SSSR count). The lowest BCUT2D eigenvalue weighted by molar-refractivity contribution is -0.161. The van der Waals surface area contributed by atoms with E-state index in [4.69, 9.17) is 9.47 Å². The summed E-state index contributed by atoms with van der Waals surface area (Å²) >= 11 is 0. The highest BCUT2D eigenvalue weighted by molar-refractivity contribution is 5.70. The molecule has 5 nitrogen and oxygen atoms in total. The van der Waals surface area contributed by atoms with Crippen molar-refractivity contribution in [2.75, 3.05) is 13.2 Å². The van der Waals surface area contributed by atoms with Gasteiger partial charge in [-0.25, -0.2) is 0 Å². The largest absolute Gasteiger partial charge is 0.462 e. The van der Waals surface area contributed by atoms with Crippen LogP contribution in [0.5, 0.6) is 0 Å². The van der Waals surface area contributed by atoms with E-state index in [1.807, 2.05) is 0 Å². The summed E-state index contributed by atoms with van der Waals surface area (Å²) in [6.07, 6.45) is 116. The van der Waals surface area contributed by atoms with E-state index in [-0.39, 0.29) is 25.2 Å². The smallest absolute Gasteiger partial charge is 0.306 e. The topological polar surface area (TPSA) is 72.8 Å². The van der Waals surface area contributed by atoms with Gasteiger partial charge in [0.2, 0.25) is 0 Å². The summed E-state index contributed by atoms with van der Waals surface area (Å²) in [6.45, 7) is 3.87. The molecule has 1 atom stereocenters. The Kier molecular flexibility index (Phi) is 66.6. The minimum atomic E-state index is -0.804. The molecule has 0 radical (unpaired) electrons. The van der Waals surface area contributed by atoms with Crippen LogP contribution in [-0.2, 0) is 19.1 Å². The van der Waals surface area contributed by atoms with Gasteiger partial charge < -0.3 is 14.6 Å². The number of aliphatic hydroxyl groups is 1. The van der Waals surface area contributed by atoms with Crippen LogP contribution in [-0.4, -0.2) is 36.4 Å². The zero-order chi connectivity index (χ0) is 60.5. The van der Waals surface area contributed by atoms with E-state index in [9.17, 15) is 14.7 Å². The third-order valence-corrected chi connectivity index (χ3v) is 13.3. The second-order valence-electron chi connectivity index (χ2n) is 21.1. The molecule has 0 aliphatic heterocycles. The van der Waals surface area contributed by atoms with Gasteiger partial charge in [0.25, 0.3) is 0 Å².